The van der Waals surface area contributed by atoms with E-state index in [0.717, 1.165) is 18.4 Å². The maximum atomic E-state index is 12.2. The maximum absolute atomic E-state index is 12.2. The molecule has 0 radical (unpaired) electrons. The molecular weight excluding hydrogens is 296 g/mol. The summed E-state index contributed by atoms with van der Waals surface area (Å²) in [5.74, 6) is 1.52. The van der Waals surface area contributed by atoms with Crippen molar-refractivity contribution in [1.29, 1.82) is 0 Å². The van der Waals surface area contributed by atoms with Gasteiger partial charge in [-0.1, -0.05) is 23.7 Å². The van der Waals surface area contributed by atoms with Crippen molar-refractivity contribution >= 4 is 28.3 Å². The zero-order valence-corrected chi connectivity index (χ0v) is 12.6. The SMILES string of the molecule is O=C1CNC(c2ccc(Cl)cc2)N1C1CCS(=O)CC1. The average Bonchev–Trinajstić information content (AvgIpc) is 2.83. The Balaban J connectivity index is 1.81. The van der Waals surface area contributed by atoms with Crippen molar-refractivity contribution in [2.75, 3.05) is 18.1 Å². The Kier molecular flexibility index (Phi) is 4.10. The number of amides is 1. The van der Waals surface area contributed by atoms with Crippen LogP contribution in [-0.4, -0.2) is 39.1 Å². The van der Waals surface area contributed by atoms with E-state index in [4.69, 9.17) is 11.6 Å². The number of carbonyl (C=O) groups excluding carboxylic acids is 1. The summed E-state index contributed by atoms with van der Waals surface area (Å²) in [6.07, 6.45) is 1.56. The Morgan fingerprint density at radius 3 is 2.50 bits per heavy atom. The van der Waals surface area contributed by atoms with E-state index in [2.05, 4.69) is 5.32 Å². The zero-order chi connectivity index (χ0) is 14.1. The molecule has 0 saturated carbocycles. The molecule has 2 fully saturated rings. The molecule has 2 aliphatic heterocycles. The summed E-state index contributed by atoms with van der Waals surface area (Å²) in [4.78, 5) is 14.1. The largest absolute Gasteiger partial charge is 0.319 e. The maximum Gasteiger partial charge on any atom is 0.238 e. The monoisotopic (exact) mass is 312 g/mol. The lowest BCUT2D eigenvalue weighted by Gasteiger charge is -2.35. The van der Waals surface area contributed by atoms with Crippen LogP contribution in [0, 0.1) is 0 Å². The summed E-state index contributed by atoms with van der Waals surface area (Å²) in [5, 5.41) is 3.95. The zero-order valence-electron chi connectivity index (χ0n) is 11.0. The number of nitrogens with zero attached hydrogens (tertiary/aromatic N) is 1. The Morgan fingerprint density at radius 2 is 1.85 bits per heavy atom. The van der Waals surface area contributed by atoms with Gasteiger partial charge in [0.1, 0.15) is 6.17 Å². The molecule has 0 spiro atoms. The van der Waals surface area contributed by atoms with Gasteiger partial charge in [-0.25, -0.2) is 0 Å². The summed E-state index contributed by atoms with van der Waals surface area (Å²) >= 11 is 5.91. The molecule has 1 unspecified atom stereocenters. The Hall–Kier alpha value is -0.910. The van der Waals surface area contributed by atoms with Crippen LogP contribution in [0.4, 0.5) is 0 Å². The predicted octanol–water partition coefficient (Wildman–Crippen LogP) is 1.68. The van der Waals surface area contributed by atoms with Crippen molar-refractivity contribution in [2.45, 2.75) is 25.0 Å². The average molecular weight is 313 g/mol. The molecule has 20 heavy (non-hydrogen) atoms. The molecule has 1 amide bonds. The van der Waals surface area contributed by atoms with Crippen LogP contribution in [0.25, 0.3) is 0 Å². The normalized spacial score (nSPS) is 30.8. The minimum Gasteiger partial charge on any atom is -0.319 e. The molecule has 1 atom stereocenters. The molecule has 4 nitrogen and oxygen atoms in total. The van der Waals surface area contributed by atoms with Gasteiger partial charge in [-0.05, 0) is 30.5 Å². The number of nitrogens with one attached hydrogen (secondary N) is 1. The second-order valence-electron chi connectivity index (χ2n) is 5.22. The summed E-state index contributed by atoms with van der Waals surface area (Å²) in [6, 6.07) is 7.78. The molecule has 0 aliphatic carbocycles. The first-order chi connectivity index (χ1) is 9.65. The van der Waals surface area contributed by atoms with Crippen LogP contribution in [0.1, 0.15) is 24.6 Å². The van der Waals surface area contributed by atoms with Gasteiger partial charge in [-0.2, -0.15) is 0 Å². The molecule has 3 rings (SSSR count). The van der Waals surface area contributed by atoms with Gasteiger partial charge in [0.2, 0.25) is 5.91 Å². The van der Waals surface area contributed by atoms with Crippen LogP contribution in [0.2, 0.25) is 5.02 Å². The number of rotatable bonds is 2. The first-order valence-electron chi connectivity index (χ1n) is 6.80. The van der Waals surface area contributed by atoms with Crippen molar-refractivity contribution < 1.29 is 9.00 Å². The Labute approximate surface area is 125 Å². The fourth-order valence-electron chi connectivity index (χ4n) is 2.92. The van der Waals surface area contributed by atoms with Crippen LogP contribution in [-0.2, 0) is 15.6 Å². The van der Waals surface area contributed by atoms with Crippen molar-refractivity contribution in [3.63, 3.8) is 0 Å². The van der Waals surface area contributed by atoms with Gasteiger partial charge in [0, 0.05) is 33.4 Å². The third-order valence-electron chi connectivity index (χ3n) is 3.95. The van der Waals surface area contributed by atoms with Gasteiger partial charge < -0.3 is 4.90 Å². The standard InChI is InChI=1S/C14H17ClN2O2S/c15-11-3-1-10(2-4-11)14-16-9-13(18)17(14)12-5-7-20(19)8-6-12/h1-4,12,14,16H,5-9H2. The molecular formula is C14H17ClN2O2S. The van der Waals surface area contributed by atoms with E-state index in [-0.39, 0.29) is 18.1 Å². The number of benzene rings is 1. The Bertz CT molecular complexity index is 524. The number of hydrogen-bond acceptors (Lipinski definition) is 3. The van der Waals surface area contributed by atoms with E-state index >= 15 is 0 Å². The fraction of sp³-hybridized carbons (Fsp3) is 0.500. The van der Waals surface area contributed by atoms with Crippen molar-refractivity contribution in [1.82, 2.24) is 10.2 Å². The van der Waals surface area contributed by atoms with Gasteiger partial charge >= 0.3 is 0 Å². The predicted molar refractivity (Wildman–Crippen MR) is 79.9 cm³/mol. The van der Waals surface area contributed by atoms with E-state index in [1.54, 1.807) is 0 Å². The highest BCUT2D eigenvalue weighted by molar-refractivity contribution is 7.85. The van der Waals surface area contributed by atoms with Gasteiger partial charge in [-0.3, -0.25) is 14.3 Å². The highest BCUT2D eigenvalue weighted by Gasteiger charge is 2.37. The van der Waals surface area contributed by atoms with Crippen molar-refractivity contribution in [2.24, 2.45) is 0 Å². The van der Waals surface area contributed by atoms with Gasteiger partial charge in [0.15, 0.2) is 0 Å². The third-order valence-corrected chi connectivity index (χ3v) is 5.58. The van der Waals surface area contributed by atoms with Gasteiger partial charge in [0.05, 0.1) is 6.54 Å². The van der Waals surface area contributed by atoms with Crippen molar-refractivity contribution in [3.8, 4) is 0 Å². The van der Waals surface area contributed by atoms with E-state index in [0.29, 0.717) is 23.1 Å². The lowest BCUT2D eigenvalue weighted by Crippen LogP contribution is -2.43. The van der Waals surface area contributed by atoms with Crippen LogP contribution in [0.3, 0.4) is 0 Å². The summed E-state index contributed by atoms with van der Waals surface area (Å²) in [7, 11) is -0.707. The van der Waals surface area contributed by atoms with E-state index in [9.17, 15) is 9.00 Å². The lowest BCUT2D eigenvalue weighted by atomic mass is 10.1. The quantitative estimate of drug-likeness (QED) is 0.904. The number of halogens is 1. The summed E-state index contributed by atoms with van der Waals surface area (Å²) in [5.41, 5.74) is 1.05. The van der Waals surface area contributed by atoms with Crippen LogP contribution in [0.15, 0.2) is 24.3 Å². The van der Waals surface area contributed by atoms with E-state index in [1.807, 2.05) is 29.2 Å². The molecule has 1 N–H and O–H groups in total. The molecule has 2 aliphatic rings. The highest BCUT2D eigenvalue weighted by Crippen LogP contribution is 2.29. The molecule has 1 aromatic carbocycles. The summed E-state index contributed by atoms with van der Waals surface area (Å²) < 4.78 is 11.5. The highest BCUT2D eigenvalue weighted by atomic mass is 35.5. The van der Waals surface area contributed by atoms with Gasteiger partial charge in [-0.15, -0.1) is 0 Å². The Morgan fingerprint density at radius 1 is 1.20 bits per heavy atom. The second-order valence-corrected chi connectivity index (χ2v) is 7.35. The first kappa shape index (κ1) is 14.0. The number of carbonyl (C=O) groups is 1. The van der Waals surface area contributed by atoms with E-state index < -0.39 is 10.8 Å². The van der Waals surface area contributed by atoms with Crippen LogP contribution >= 0.6 is 11.6 Å². The van der Waals surface area contributed by atoms with Crippen LogP contribution < -0.4 is 5.32 Å². The van der Waals surface area contributed by atoms with E-state index in [1.165, 1.54) is 0 Å². The van der Waals surface area contributed by atoms with Crippen molar-refractivity contribution in [3.05, 3.63) is 34.9 Å². The fourth-order valence-corrected chi connectivity index (χ4v) is 4.32. The lowest BCUT2D eigenvalue weighted by molar-refractivity contribution is -0.130. The summed E-state index contributed by atoms with van der Waals surface area (Å²) in [6.45, 7) is 0.368. The topological polar surface area (TPSA) is 49.4 Å². The van der Waals surface area contributed by atoms with Crippen LogP contribution in [0.5, 0.6) is 0 Å². The molecule has 6 heteroatoms. The third kappa shape index (κ3) is 2.75. The minimum atomic E-state index is -0.707. The first-order valence-corrected chi connectivity index (χ1v) is 8.67. The smallest absolute Gasteiger partial charge is 0.238 e. The molecule has 108 valence electrons. The second kappa shape index (κ2) is 5.84. The molecule has 2 saturated heterocycles. The minimum absolute atomic E-state index is 0.0868. The molecule has 0 bridgehead atoms. The molecule has 1 aromatic rings. The van der Waals surface area contributed by atoms with Gasteiger partial charge in [0.25, 0.3) is 0 Å². The molecule has 0 aromatic heterocycles. The molecule has 2 heterocycles. The number of hydrogen-bond donors (Lipinski definition) is 1.